The van der Waals surface area contributed by atoms with Gasteiger partial charge in [0.25, 0.3) is 0 Å². The summed E-state index contributed by atoms with van der Waals surface area (Å²) in [4.78, 5) is 3.73. The summed E-state index contributed by atoms with van der Waals surface area (Å²) in [5, 5.41) is 8.25. The second-order valence-corrected chi connectivity index (χ2v) is 1.35. The maximum atomic E-state index is 8.25. The zero-order chi connectivity index (χ0) is 5.82. The van der Waals surface area contributed by atoms with Gasteiger partial charge in [-0.2, -0.15) is 0 Å². The average molecular weight is 107 g/mol. The van der Waals surface area contributed by atoms with Gasteiger partial charge in [0.05, 0.1) is 0 Å². The topological polar surface area (TPSA) is 33.1 Å². The number of rotatable bonds is 1. The van der Waals surface area contributed by atoms with Gasteiger partial charge >= 0.3 is 0 Å². The van der Waals surface area contributed by atoms with E-state index in [1.807, 2.05) is 6.61 Å². The average Bonchev–Trinajstić information content (AvgIpc) is 1.90. The molecule has 1 N–H and O–H groups in total. The Kier molecular flexibility index (Phi) is 1.59. The van der Waals surface area contributed by atoms with Crippen LogP contribution in [0.3, 0.4) is 0 Å². The SMILES string of the molecule is O[C]c1cccnc1. The van der Waals surface area contributed by atoms with Crippen molar-refractivity contribution >= 4 is 0 Å². The number of nitrogens with zero attached hydrogens (tertiary/aromatic N) is 1. The van der Waals surface area contributed by atoms with Crippen LogP contribution in [0.4, 0.5) is 0 Å². The van der Waals surface area contributed by atoms with E-state index in [1.54, 1.807) is 18.3 Å². The molecule has 0 spiro atoms. The van der Waals surface area contributed by atoms with E-state index >= 15 is 0 Å². The Bertz CT molecular complexity index is 150. The molecule has 2 heteroatoms. The summed E-state index contributed by atoms with van der Waals surface area (Å²) in [6, 6.07) is 3.45. The van der Waals surface area contributed by atoms with Crippen molar-refractivity contribution in [3.63, 3.8) is 0 Å². The fourth-order valence-corrected chi connectivity index (χ4v) is 0.429. The fraction of sp³-hybridized carbons (Fsp3) is 0. The highest BCUT2D eigenvalue weighted by molar-refractivity contribution is 5.13. The summed E-state index contributed by atoms with van der Waals surface area (Å²) >= 11 is 0. The summed E-state index contributed by atoms with van der Waals surface area (Å²) in [7, 11) is 0. The molecule has 1 rings (SSSR count). The molecule has 2 nitrogen and oxygen atoms in total. The molecule has 0 aliphatic heterocycles. The van der Waals surface area contributed by atoms with Crippen LogP contribution in [0.15, 0.2) is 24.5 Å². The van der Waals surface area contributed by atoms with Crippen molar-refractivity contribution < 1.29 is 5.11 Å². The van der Waals surface area contributed by atoms with E-state index in [-0.39, 0.29) is 0 Å². The summed E-state index contributed by atoms with van der Waals surface area (Å²) in [6.07, 6.45) is 3.17. The predicted molar refractivity (Wildman–Crippen MR) is 28.5 cm³/mol. The van der Waals surface area contributed by atoms with Crippen molar-refractivity contribution in [2.24, 2.45) is 0 Å². The highest BCUT2D eigenvalue weighted by atomic mass is 16.3. The predicted octanol–water partition coefficient (Wildman–Crippen LogP) is 0.841. The molecule has 0 aliphatic carbocycles. The Hall–Kier alpha value is -0.890. The second kappa shape index (κ2) is 2.43. The molecule has 0 aliphatic rings. The lowest BCUT2D eigenvalue weighted by Gasteiger charge is -1.86. The lowest BCUT2D eigenvalue weighted by atomic mass is 10.3. The lowest BCUT2D eigenvalue weighted by Crippen LogP contribution is -1.78. The molecule has 1 aromatic rings. The van der Waals surface area contributed by atoms with Gasteiger partial charge in [-0.25, -0.2) is 0 Å². The zero-order valence-electron chi connectivity index (χ0n) is 4.20. The summed E-state index contributed by atoms with van der Waals surface area (Å²) in [6.45, 7) is 1.96. The molecule has 1 aromatic heterocycles. The first-order valence-electron chi connectivity index (χ1n) is 2.23. The molecule has 0 aromatic carbocycles. The minimum atomic E-state index is 0.604. The number of aliphatic hydroxyl groups excluding tert-OH is 1. The minimum Gasteiger partial charge on any atom is -0.378 e. The number of hydrogen-bond acceptors (Lipinski definition) is 2. The second-order valence-electron chi connectivity index (χ2n) is 1.35. The Morgan fingerprint density at radius 1 is 1.62 bits per heavy atom. The molecular formula is C6H5NO. The largest absolute Gasteiger partial charge is 0.378 e. The number of aromatic nitrogens is 1. The smallest absolute Gasteiger partial charge is 0.163 e. The Morgan fingerprint density at radius 3 is 2.88 bits per heavy atom. The molecule has 0 saturated heterocycles. The zero-order valence-corrected chi connectivity index (χ0v) is 4.20. The van der Waals surface area contributed by atoms with Gasteiger partial charge in [0, 0.05) is 18.0 Å². The lowest BCUT2D eigenvalue weighted by molar-refractivity contribution is 0.414. The van der Waals surface area contributed by atoms with Crippen LogP contribution in [0.25, 0.3) is 0 Å². The number of pyridine rings is 1. The van der Waals surface area contributed by atoms with Gasteiger partial charge in [0.1, 0.15) is 0 Å². The fourth-order valence-electron chi connectivity index (χ4n) is 0.429. The maximum Gasteiger partial charge on any atom is 0.163 e. The van der Waals surface area contributed by atoms with Crippen molar-refractivity contribution in [3.05, 3.63) is 36.7 Å². The summed E-state index contributed by atoms with van der Waals surface area (Å²) in [5.41, 5.74) is 0.604. The van der Waals surface area contributed by atoms with Crippen LogP contribution in [0.2, 0.25) is 0 Å². The molecule has 0 bridgehead atoms. The van der Waals surface area contributed by atoms with E-state index in [9.17, 15) is 0 Å². The van der Waals surface area contributed by atoms with Crippen LogP contribution in [-0.2, 0) is 0 Å². The Morgan fingerprint density at radius 2 is 2.50 bits per heavy atom. The molecule has 0 saturated carbocycles. The molecule has 0 unspecified atom stereocenters. The molecule has 40 valence electrons. The molecule has 2 radical (unpaired) electrons. The molecule has 0 fully saturated rings. The van der Waals surface area contributed by atoms with Gasteiger partial charge < -0.3 is 5.11 Å². The van der Waals surface area contributed by atoms with E-state index in [0.717, 1.165) is 0 Å². The van der Waals surface area contributed by atoms with Gasteiger partial charge in [-0.3, -0.25) is 4.98 Å². The van der Waals surface area contributed by atoms with Crippen molar-refractivity contribution in [1.29, 1.82) is 0 Å². The third-order valence-corrected chi connectivity index (χ3v) is 0.791. The first-order valence-corrected chi connectivity index (χ1v) is 2.23. The van der Waals surface area contributed by atoms with E-state index in [4.69, 9.17) is 5.11 Å². The third kappa shape index (κ3) is 1.04. The van der Waals surface area contributed by atoms with Crippen LogP contribution >= 0.6 is 0 Å². The van der Waals surface area contributed by atoms with Gasteiger partial charge in [-0.15, -0.1) is 0 Å². The standard InChI is InChI=1S/C6H5NO/c8-5-6-2-1-3-7-4-6/h1-4,8H. The van der Waals surface area contributed by atoms with Crippen LogP contribution < -0.4 is 0 Å². The van der Waals surface area contributed by atoms with E-state index in [0.29, 0.717) is 5.56 Å². The van der Waals surface area contributed by atoms with Gasteiger partial charge in [0.2, 0.25) is 0 Å². The Labute approximate surface area is 47.8 Å². The third-order valence-electron chi connectivity index (χ3n) is 0.791. The van der Waals surface area contributed by atoms with E-state index in [1.165, 1.54) is 6.20 Å². The molecule has 0 atom stereocenters. The van der Waals surface area contributed by atoms with Crippen molar-refractivity contribution in [3.8, 4) is 0 Å². The molecule has 8 heavy (non-hydrogen) atoms. The molecule has 1 heterocycles. The van der Waals surface area contributed by atoms with E-state index in [2.05, 4.69) is 4.98 Å². The molecular weight excluding hydrogens is 102 g/mol. The van der Waals surface area contributed by atoms with E-state index < -0.39 is 0 Å². The summed E-state index contributed by atoms with van der Waals surface area (Å²) < 4.78 is 0. The first kappa shape index (κ1) is 5.25. The Balaban J connectivity index is 2.83. The highest BCUT2D eigenvalue weighted by Crippen LogP contribution is 1.94. The van der Waals surface area contributed by atoms with Crippen LogP contribution in [0.1, 0.15) is 5.56 Å². The maximum absolute atomic E-state index is 8.25. The minimum absolute atomic E-state index is 0.604. The molecule has 0 amide bonds. The van der Waals surface area contributed by atoms with Crippen molar-refractivity contribution in [2.45, 2.75) is 0 Å². The van der Waals surface area contributed by atoms with Crippen LogP contribution in [0, 0.1) is 6.61 Å². The van der Waals surface area contributed by atoms with Gasteiger partial charge in [-0.05, 0) is 6.07 Å². The van der Waals surface area contributed by atoms with Crippen LogP contribution in [-0.4, -0.2) is 10.1 Å². The van der Waals surface area contributed by atoms with Gasteiger partial charge in [0.15, 0.2) is 6.61 Å². The normalized spacial score (nSPS) is 9.12. The van der Waals surface area contributed by atoms with Gasteiger partial charge in [-0.1, -0.05) is 6.07 Å². The number of hydrogen-bond donors (Lipinski definition) is 1. The quantitative estimate of drug-likeness (QED) is 0.576. The highest BCUT2D eigenvalue weighted by Gasteiger charge is 1.84. The number of aliphatic hydroxyl groups is 1. The van der Waals surface area contributed by atoms with Crippen molar-refractivity contribution in [2.75, 3.05) is 0 Å². The van der Waals surface area contributed by atoms with Crippen LogP contribution in [0.5, 0.6) is 0 Å². The van der Waals surface area contributed by atoms with Crippen molar-refractivity contribution in [1.82, 2.24) is 4.98 Å². The monoisotopic (exact) mass is 107 g/mol. The first-order chi connectivity index (χ1) is 3.93. The summed E-state index contributed by atoms with van der Waals surface area (Å²) in [5.74, 6) is 0.